The molecule has 1 aliphatic rings. The zero-order valence-electron chi connectivity index (χ0n) is 17.3. The average molecular weight is 440 g/mol. The summed E-state index contributed by atoms with van der Waals surface area (Å²) in [6.45, 7) is 0. The van der Waals surface area contributed by atoms with Crippen molar-refractivity contribution in [2.75, 3.05) is 0 Å². The van der Waals surface area contributed by atoms with Crippen LogP contribution in [0.3, 0.4) is 0 Å². The molecule has 0 atom stereocenters. The summed E-state index contributed by atoms with van der Waals surface area (Å²) in [5.74, 6) is 0.803. The Morgan fingerprint density at radius 3 is 2.58 bits per heavy atom. The Labute approximate surface area is 187 Å². The second-order valence-electron chi connectivity index (χ2n) is 7.81. The monoisotopic (exact) mass is 440 g/mol. The Hall–Kier alpha value is -4.40. The van der Waals surface area contributed by atoms with Crippen LogP contribution >= 0.6 is 0 Å². The van der Waals surface area contributed by atoms with Crippen LogP contribution in [0.4, 0.5) is 4.39 Å². The predicted octanol–water partition coefficient (Wildman–Crippen LogP) is 4.15. The van der Waals surface area contributed by atoms with Crippen molar-refractivity contribution in [3.05, 3.63) is 95.3 Å². The molecule has 4 heterocycles. The lowest BCUT2D eigenvalue weighted by molar-refractivity contribution is 0.583. The Morgan fingerprint density at radius 1 is 1.00 bits per heavy atom. The van der Waals surface area contributed by atoms with Gasteiger partial charge in [0.2, 0.25) is 5.89 Å². The number of nitrogens with zero attached hydrogens (tertiary/aromatic N) is 6. The number of oxazole rings is 1. The number of benzene rings is 1. The highest BCUT2D eigenvalue weighted by atomic mass is 19.1. The van der Waals surface area contributed by atoms with E-state index in [1.807, 2.05) is 18.2 Å². The Bertz CT molecular complexity index is 1500. The quantitative estimate of drug-likeness (QED) is 0.408. The largest absolute Gasteiger partial charge is 0.432 e. The van der Waals surface area contributed by atoms with Crippen LogP contribution in [0.2, 0.25) is 0 Å². The van der Waals surface area contributed by atoms with Crippen molar-refractivity contribution in [3.63, 3.8) is 0 Å². The summed E-state index contributed by atoms with van der Waals surface area (Å²) in [7, 11) is 0. The lowest BCUT2D eigenvalue weighted by Crippen LogP contribution is -2.22. The fourth-order valence-corrected chi connectivity index (χ4v) is 3.63. The number of halogens is 1. The number of aromatic nitrogens is 6. The number of rotatable bonds is 5. The van der Waals surface area contributed by atoms with Gasteiger partial charge in [-0.25, -0.2) is 18.4 Å². The minimum atomic E-state index is -0.441. The molecule has 0 bridgehead atoms. The molecule has 1 saturated carbocycles. The Kier molecular flexibility index (Phi) is 4.46. The molecule has 162 valence electrons. The molecule has 0 amide bonds. The van der Waals surface area contributed by atoms with E-state index in [1.165, 1.54) is 16.7 Å². The highest BCUT2D eigenvalue weighted by Crippen LogP contribution is 2.38. The van der Waals surface area contributed by atoms with E-state index >= 15 is 0 Å². The third-order valence-corrected chi connectivity index (χ3v) is 5.48. The molecule has 9 heteroatoms. The van der Waals surface area contributed by atoms with Crippen molar-refractivity contribution in [2.24, 2.45) is 0 Å². The van der Waals surface area contributed by atoms with Gasteiger partial charge in [0.25, 0.3) is 0 Å². The SMILES string of the molecule is O=c1nc(C2CC2)ccn1-c1nc(-c2ccn(-c3cccnc3)n2)oc1-c1ccc(F)cc1. The molecule has 0 spiro atoms. The van der Waals surface area contributed by atoms with Crippen LogP contribution in [-0.4, -0.2) is 29.3 Å². The molecule has 0 unspecified atom stereocenters. The standard InChI is InChI=1S/C24H17FN6O2/c25-17-7-5-16(6-8-17)21-22(30-12-9-19(15-3-4-15)27-24(30)32)28-23(33-21)20-10-13-31(29-20)18-2-1-11-26-14-18/h1-2,5-15H,3-4H2. The molecule has 0 aliphatic heterocycles. The second-order valence-corrected chi connectivity index (χ2v) is 7.81. The highest BCUT2D eigenvalue weighted by molar-refractivity contribution is 5.68. The summed E-state index contributed by atoms with van der Waals surface area (Å²) < 4.78 is 22.6. The fraction of sp³-hybridized carbons (Fsp3) is 0.125. The van der Waals surface area contributed by atoms with Crippen molar-refractivity contribution >= 4 is 0 Å². The van der Waals surface area contributed by atoms with Gasteiger partial charge in [0.15, 0.2) is 11.6 Å². The second kappa shape index (κ2) is 7.63. The zero-order valence-corrected chi connectivity index (χ0v) is 17.3. The summed E-state index contributed by atoms with van der Waals surface area (Å²) in [5.41, 5.74) is 2.19. The first-order valence-electron chi connectivity index (χ1n) is 10.5. The van der Waals surface area contributed by atoms with E-state index in [0.29, 0.717) is 22.9 Å². The van der Waals surface area contributed by atoms with Crippen LogP contribution in [-0.2, 0) is 0 Å². The van der Waals surface area contributed by atoms with Crippen LogP contribution in [0.25, 0.3) is 34.4 Å². The minimum Gasteiger partial charge on any atom is -0.432 e. The molecule has 1 aromatic carbocycles. The summed E-state index contributed by atoms with van der Waals surface area (Å²) in [6.07, 6.45) is 8.89. The van der Waals surface area contributed by atoms with Gasteiger partial charge in [0.1, 0.15) is 11.5 Å². The van der Waals surface area contributed by atoms with E-state index in [1.54, 1.807) is 47.7 Å². The molecule has 0 N–H and O–H groups in total. The van der Waals surface area contributed by atoms with Crippen LogP contribution in [0.1, 0.15) is 24.5 Å². The Morgan fingerprint density at radius 2 is 1.85 bits per heavy atom. The first-order chi connectivity index (χ1) is 16.2. The van der Waals surface area contributed by atoms with Crippen LogP contribution in [0.5, 0.6) is 0 Å². The lowest BCUT2D eigenvalue weighted by Gasteiger charge is -2.05. The van der Waals surface area contributed by atoms with E-state index in [-0.39, 0.29) is 17.5 Å². The topological polar surface area (TPSA) is 91.6 Å². The van der Waals surface area contributed by atoms with Crippen molar-refractivity contribution < 1.29 is 8.81 Å². The van der Waals surface area contributed by atoms with Crippen molar-refractivity contribution in [1.82, 2.24) is 29.3 Å². The normalized spacial score (nSPS) is 13.4. The molecule has 0 radical (unpaired) electrons. The van der Waals surface area contributed by atoms with E-state index in [2.05, 4.69) is 20.1 Å². The summed E-state index contributed by atoms with van der Waals surface area (Å²) in [5, 5.41) is 4.53. The van der Waals surface area contributed by atoms with Gasteiger partial charge in [-0.05, 0) is 61.4 Å². The van der Waals surface area contributed by atoms with Crippen LogP contribution in [0, 0.1) is 5.82 Å². The summed E-state index contributed by atoms with van der Waals surface area (Å²) in [4.78, 5) is 25.7. The molecule has 33 heavy (non-hydrogen) atoms. The van der Waals surface area contributed by atoms with Gasteiger partial charge in [-0.2, -0.15) is 15.1 Å². The van der Waals surface area contributed by atoms with Crippen molar-refractivity contribution in [1.29, 1.82) is 0 Å². The third kappa shape index (κ3) is 3.63. The van der Waals surface area contributed by atoms with Gasteiger partial charge in [-0.15, -0.1) is 0 Å². The van der Waals surface area contributed by atoms with Gasteiger partial charge in [-0.3, -0.25) is 4.98 Å². The summed E-state index contributed by atoms with van der Waals surface area (Å²) in [6, 6.07) is 13.1. The minimum absolute atomic E-state index is 0.227. The fourth-order valence-electron chi connectivity index (χ4n) is 3.63. The van der Waals surface area contributed by atoms with E-state index in [0.717, 1.165) is 24.2 Å². The number of hydrogen-bond acceptors (Lipinski definition) is 6. The first-order valence-corrected chi connectivity index (χ1v) is 10.5. The van der Waals surface area contributed by atoms with Gasteiger partial charge >= 0.3 is 5.69 Å². The molecule has 4 aromatic heterocycles. The van der Waals surface area contributed by atoms with Gasteiger partial charge < -0.3 is 4.42 Å². The molecule has 1 aliphatic carbocycles. The van der Waals surface area contributed by atoms with Crippen LogP contribution in [0.15, 0.2) is 82.5 Å². The molecular weight excluding hydrogens is 423 g/mol. The summed E-state index contributed by atoms with van der Waals surface area (Å²) >= 11 is 0. The van der Waals surface area contributed by atoms with E-state index < -0.39 is 5.69 Å². The first kappa shape index (κ1) is 19.3. The zero-order chi connectivity index (χ0) is 22.4. The van der Waals surface area contributed by atoms with E-state index in [9.17, 15) is 9.18 Å². The third-order valence-electron chi connectivity index (χ3n) is 5.48. The maximum Gasteiger partial charge on any atom is 0.353 e. The molecule has 1 fully saturated rings. The maximum atomic E-state index is 13.5. The van der Waals surface area contributed by atoms with Gasteiger partial charge in [0.05, 0.1) is 17.6 Å². The molecule has 5 aromatic rings. The van der Waals surface area contributed by atoms with Gasteiger partial charge in [0, 0.05) is 30.1 Å². The van der Waals surface area contributed by atoms with Crippen molar-refractivity contribution in [3.8, 4) is 34.4 Å². The number of hydrogen-bond donors (Lipinski definition) is 0. The van der Waals surface area contributed by atoms with Crippen molar-refractivity contribution in [2.45, 2.75) is 18.8 Å². The van der Waals surface area contributed by atoms with E-state index in [4.69, 9.17) is 4.42 Å². The van der Waals surface area contributed by atoms with Gasteiger partial charge in [-0.1, -0.05) is 0 Å². The predicted molar refractivity (Wildman–Crippen MR) is 118 cm³/mol. The molecule has 8 nitrogen and oxygen atoms in total. The molecule has 0 saturated heterocycles. The van der Waals surface area contributed by atoms with Crippen LogP contribution < -0.4 is 5.69 Å². The smallest absolute Gasteiger partial charge is 0.353 e. The number of pyridine rings is 1. The molecular formula is C24H17FN6O2. The highest BCUT2D eigenvalue weighted by Gasteiger charge is 2.26. The maximum absolute atomic E-state index is 13.5. The average Bonchev–Trinajstić information content (AvgIpc) is 3.41. The Balaban J connectivity index is 1.47. The molecule has 6 rings (SSSR count). The lowest BCUT2D eigenvalue weighted by atomic mass is 10.1.